The average Bonchev–Trinajstić information content (AvgIpc) is 3.04. The molecule has 0 saturated heterocycles. The lowest BCUT2D eigenvalue weighted by molar-refractivity contribution is 0.416. The Bertz CT molecular complexity index is 772. The molecule has 4 rings (SSSR count). The third-order valence-corrected chi connectivity index (χ3v) is 5.11. The monoisotopic (exact) mass is 284 g/mol. The summed E-state index contributed by atoms with van der Waals surface area (Å²) in [5.41, 5.74) is 3.53. The van der Waals surface area contributed by atoms with Crippen molar-refractivity contribution in [1.29, 1.82) is 0 Å². The second-order valence-corrected chi connectivity index (χ2v) is 6.22. The van der Waals surface area contributed by atoms with Gasteiger partial charge in [-0.15, -0.1) is 11.3 Å². The molecule has 102 valence electrons. The van der Waals surface area contributed by atoms with Gasteiger partial charge < -0.3 is 4.74 Å². The van der Waals surface area contributed by atoms with Crippen LogP contribution in [0.1, 0.15) is 23.4 Å². The van der Waals surface area contributed by atoms with Gasteiger partial charge in [0.15, 0.2) is 4.96 Å². The molecule has 3 nitrogen and oxygen atoms in total. The van der Waals surface area contributed by atoms with Crippen molar-refractivity contribution in [2.75, 3.05) is 7.11 Å². The second kappa shape index (κ2) is 4.63. The van der Waals surface area contributed by atoms with E-state index < -0.39 is 0 Å². The van der Waals surface area contributed by atoms with Gasteiger partial charge in [-0.05, 0) is 37.8 Å². The molecule has 0 aliphatic heterocycles. The molecule has 0 radical (unpaired) electrons. The normalized spacial score (nSPS) is 14.4. The van der Waals surface area contributed by atoms with E-state index >= 15 is 0 Å². The molecular formula is C16H16N2OS. The zero-order chi connectivity index (χ0) is 13.5. The number of thiazole rings is 1. The molecular weight excluding hydrogens is 268 g/mol. The van der Waals surface area contributed by atoms with Crippen LogP contribution < -0.4 is 4.74 Å². The minimum atomic E-state index is 0.882. The summed E-state index contributed by atoms with van der Waals surface area (Å²) in [6.45, 7) is 0. The van der Waals surface area contributed by atoms with Gasteiger partial charge in [0.25, 0.3) is 0 Å². The Kier molecular flexibility index (Phi) is 2.77. The smallest absolute Gasteiger partial charge is 0.194 e. The zero-order valence-corrected chi connectivity index (χ0v) is 12.2. The molecule has 0 atom stereocenters. The lowest BCUT2D eigenvalue weighted by atomic mass is 10.0. The average molecular weight is 284 g/mol. The van der Waals surface area contributed by atoms with Crippen molar-refractivity contribution in [2.24, 2.45) is 0 Å². The van der Waals surface area contributed by atoms with Crippen LogP contribution in [-0.2, 0) is 12.8 Å². The van der Waals surface area contributed by atoms with Crippen molar-refractivity contribution in [3.05, 3.63) is 41.0 Å². The van der Waals surface area contributed by atoms with E-state index in [4.69, 9.17) is 9.72 Å². The Hall–Kier alpha value is -1.81. The van der Waals surface area contributed by atoms with Crippen LogP contribution in [0.25, 0.3) is 16.2 Å². The highest BCUT2D eigenvalue weighted by Crippen LogP contribution is 2.34. The summed E-state index contributed by atoms with van der Waals surface area (Å²) < 4.78 is 7.72. The van der Waals surface area contributed by atoms with Gasteiger partial charge in [0.1, 0.15) is 5.75 Å². The maximum Gasteiger partial charge on any atom is 0.194 e. The Morgan fingerprint density at radius 3 is 2.95 bits per heavy atom. The largest absolute Gasteiger partial charge is 0.496 e. The fourth-order valence-corrected chi connectivity index (χ4v) is 4.14. The number of methoxy groups -OCH3 is 1. The lowest BCUT2D eigenvalue weighted by Gasteiger charge is -2.10. The predicted octanol–water partition coefficient (Wildman–Crippen LogP) is 3.95. The fourth-order valence-electron chi connectivity index (χ4n) is 2.95. The highest BCUT2D eigenvalue weighted by Gasteiger charge is 2.19. The number of aryl methyl sites for hydroxylation is 2. The van der Waals surface area contributed by atoms with E-state index in [-0.39, 0.29) is 0 Å². The van der Waals surface area contributed by atoms with Crippen LogP contribution in [0.5, 0.6) is 5.75 Å². The summed E-state index contributed by atoms with van der Waals surface area (Å²) in [6, 6.07) is 8.07. The fraction of sp³-hybridized carbons (Fsp3) is 0.312. The first-order chi connectivity index (χ1) is 9.86. The number of ether oxygens (including phenoxy) is 1. The molecule has 0 fully saturated rings. The Morgan fingerprint density at radius 2 is 2.05 bits per heavy atom. The minimum absolute atomic E-state index is 0.882. The van der Waals surface area contributed by atoms with Crippen molar-refractivity contribution in [2.45, 2.75) is 25.7 Å². The number of para-hydroxylation sites is 1. The first-order valence-electron chi connectivity index (χ1n) is 7.00. The van der Waals surface area contributed by atoms with Gasteiger partial charge in [0, 0.05) is 22.3 Å². The van der Waals surface area contributed by atoms with Crippen molar-refractivity contribution >= 4 is 16.3 Å². The number of benzene rings is 1. The number of imidazole rings is 1. The number of hydrogen-bond donors (Lipinski definition) is 0. The van der Waals surface area contributed by atoms with E-state index in [1.54, 1.807) is 7.11 Å². The minimum Gasteiger partial charge on any atom is -0.496 e. The molecule has 0 spiro atoms. The van der Waals surface area contributed by atoms with E-state index in [1.165, 1.54) is 36.3 Å². The summed E-state index contributed by atoms with van der Waals surface area (Å²) in [6.07, 6.45) is 7.16. The van der Waals surface area contributed by atoms with Crippen molar-refractivity contribution in [3.8, 4) is 17.0 Å². The molecule has 4 heteroatoms. The topological polar surface area (TPSA) is 26.5 Å². The van der Waals surface area contributed by atoms with E-state index in [9.17, 15) is 0 Å². The Labute approximate surface area is 121 Å². The summed E-state index contributed by atoms with van der Waals surface area (Å²) in [5.74, 6) is 0.882. The van der Waals surface area contributed by atoms with Crippen LogP contribution in [-0.4, -0.2) is 16.5 Å². The first kappa shape index (κ1) is 12.0. The van der Waals surface area contributed by atoms with Gasteiger partial charge in [-0.25, -0.2) is 4.98 Å². The Balaban J connectivity index is 1.87. The highest BCUT2D eigenvalue weighted by molar-refractivity contribution is 7.17. The first-order valence-corrected chi connectivity index (χ1v) is 7.81. The van der Waals surface area contributed by atoms with Gasteiger partial charge in [-0.2, -0.15) is 0 Å². The summed E-state index contributed by atoms with van der Waals surface area (Å²) in [5, 5.41) is 0. The van der Waals surface area contributed by atoms with Crippen LogP contribution >= 0.6 is 11.3 Å². The van der Waals surface area contributed by atoms with Crippen LogP contribution in [0.4, 0.5) is 0 Å². The molecule has 1 aliphatic rings. The maximum absolute atomic E-state index is 5.44. The van der Waals surface area contributed by atoms with Crippen LogP contribution in [0.15, 0.2) is 30.5 Å². The maximum atomic E-state index is 5.44. The number of rotatable bonds is 2. The molecule has 20 heavy (non-hydrogen) atoms. The van der Waals surface area contributed by atoms with Crippen molar-refractivity contribution in [3.63, 3.8) is 0 Å². The van der Waals surface area contributed by atoms with Crippen LogP contribution in [0, 0.1) is 0 Å². The van der Waals surface area contributed by atoms with E-state index in [1.807, 2.05) is 29.5 Å². The molecule has 2 aromatic heterocycles. The molecule has 0 bridgehead atoms. The summed E-state index contributed by atoms with van der Waals surface area (Å²) >= 11 is 1.84. The number of nitrogens with zero attached hydrogens (tertiary/aromatic N) is 2. The van der Waals surface area contributed by atoms with E-state index in [2.05, 4.69) is 16.7 Å². The standard InChI is InChI=1S/C16H16N2OS/c1-19-14-8-4-2-6-11(14)12-10-18-13-7-3-5-9-15(13)20-16(18)17-12/h2,4,6,8,10H,3,5,7,9H2,1H3. The lowest BCUT2D eigenvalue weighted by Crippen LogP contribution is -2.01. The third kappa shape index (κ3) is 1.75. The highest BCUT2D eigenvalue weighted by atomic mass is 32.1. The van der Waals surface area contributed by atoms with E-state index in [0.717, 1.165) is 22.0 Å². The van der Waals surface area contributed by atoms with Crippen LogP contribution in [0.2, 0.25) is 0 Å². The quantitative estimate of drug-likeness (QED) is 0.712. The molecule has 0 N–H and O–H groups in total. The molecule has 1 aromatic carbocycles. The van der Waals surface area contributed by atoms with Gasteiger partial charge in [-0.1, -0.05) is 12.1 Å². The van der Waals surface area contributed by atoms with Gasteiger partial charge in [0.2, 0.25) is 0 Å². The molecule has 2 heterocycles. The summed E-state index contributed by atoms with van der Waals surface area (Å²) in [7, 11) is 1.71. The Morgan fingerprint density at radius 1 is 1.20 bits per heavy atom. The third-order valence-electron chi connectivity index (χ3n) is 3.95. The molecule has 3 aromatic rings. The predicted molar refractivity (Wildman–Crippen MR) is 81.7 cm³/mol. The molecule has 0 saturated carbocycles. The zero-order valence-electron chi connectivity index (χ0n) is 11.4. The van der Waals surface area contributed by atoms with Gasteiger partial charge in [-0.3, -0.25) is 4.40 Å². The van der Waals surface area contributed by atoms with Crippen LogP contribution in [0.3, 0.4) is 0 Å². The molecule has 1 aliphatic carbocycles. The molecule has 0 unspecified atom stereocenters. The number of aromatic nitrogens is 2. The van der Waals surface area contributed by atoms with E-state index in [0.29, 0.717) is 0 Å². The van der Waals surface area contributed by atoms with Crippen molar-refractivity contribution in [1.82, 2.24) is 9.38 Å². The number of hydrogen-bond acceptors (Lipinski definition) is 3. The molecule has 0 amide bonds. The second-order valence-electron chi connectivity index (χ2n) is 5.16. The van der Waals surface area contributed by atoms with Gasteiger partial charge in [0.05, 0.1) is 12.8 Å². The summed E-state index contributed by atoms with van der Waals surface area (Å²) in [4.78, 5) is 7.43. The van der Waals surface area contributed by atoms with Crippen molar-refractivity contribution < 1.29 is 4.74 Å². The number of fused-ring (bicyclic) bond motifs is 3. The van der Waals surface area contributed by atoms with Gasteiger partial charge >= 0.3 is 0 Å². The SMILES string of the molecule is COc1ccccc1-c1cn2c3c(sc2n1)CCCC3.